The van der Waals surface area contributed by atoms with E-state index in [1.807, 2.05) is 24.7 Å². The van der Waals surface area contributed by atoms with Gasteiger partial charge in [0, 0.05) is 78.9 Å². The molecule has 0 bridgehead atoms. The van der Waals surface area contributed by atoms with Gasteiger partial charge in [0.2, 0.25) is 0 Å². The lowest BCUT2D eigenvalue weighted by Crippen LogP contribution is -2.59. The van der Waals surface area contributed by atoms with Crippen LogP contribution in [0, 0.1) is 0 Å². The second-order valence-corrected chi connectivity index (χ2v) is 25.6. The minimum atomic E-state index is -0.133. The van der Waals surface area contributed by atoms with Gasteiger partial charge in [0.1, 0.15) is 0 Å². The highest BCUT2D eigenvalue weighted by Crippen LogP contribution is 2.51. The Kier molecular flexibility index (Phi) is 9.28. The molecule has 4 aromatic heterocycles. The number of nitrogens with zero attached hydrogens (tertiary/aromatic N) is 4. The summed E-state index contributed by atoms with van der Waals surface area (Å²) in [4.78, 5) is 9.82. The molecule has 12 aromatic carbocycles. The zero-order valence-electron chi connectivity index (χ0n) is 47.2. The third-order valence-electron chi connectivity index (χ3n) is 19.1. The minimum Gasteiger partial charge on any atom is -0.310 e. The molecule has 0 radical (unpaired) electrons. The SMILES string of the molecule is CC(C)(C)c1ccc2c(c1)c1cc(C(C)(C)C)cc3c1n2-c1cc(-c2c(-c4cccnc4)cccc2-c2ccccn2)cc2c1B3c1cc3c4ccccc4c4ccccc4c3c3c4c5c6ccccc6c6ccccc6c5ccc4n-2c13. The van der Waals surface area contributed by atoms with Crippen LogP contribution in [0.25, 0.3) is 153 Å². The van der Waals surface area contributed by atoms with E-state index in [2.05, 4.69) is 251 Å². The number of benzene rings is 12. The monoisotopic (exact) mass is 1060 g/mol. The van der Waals surface area contributed by atoms with E-state index in [1.54, 1.807) is 0 Å². The lowest BCUT2D eigenvalue weighted by molar-refractivity contribution is 0.590. The number of aromatic nitrogens is 4. The van der Waals surface area contributed by atoms with Crippen LogP contribution in [-0.2, 0) is 10.8 Å². The maximum atomic E-state index is 5.09. The van der Waals surface area contributed by atoms with Gasteiger partial charge in [0.05, 0.1) is 22.2 Å². The standard InChI is InChI=1S/C78H55BN4/c1-77(2,3)46-31-33-65-59(39-46)61-40-47(78(4,5)6)41-62-75(61)82(65)67-37-45(69-48(44-19-18-35-80-43-44)28-17-29-58(69)64-30-15-16-36-81-64)38-68-74(67)79(62)63-42-60-54-25-10-8-21-50(54)52-23-12-14-27-56(52)71(60)73-72-66(83(68)76(63)73)34-32-57-53-24-9-7-20-49(53)51-22-11-13-26-55(51)70(57)72/h7-43H,1-6H3. The lowest BCUT2D eigenvalue weighted by atomic mass is 9.34. The highest BCUT2D eigenvalue weighted by molar-refractivity contribution is 7.00. The first-order valence-electron chi connectivity index (χ1n) is 29.3. The zero-order chi connectivity index (χ0) is 55.4. The van der Waals surface area contributed by atoms with Crippen molar-refractivity contribution < 1.29 is 0 Å². The molecule has 0 unspecified atom stereocenters. The maximum absolute atomic E-state index is 5.09. The van der Waals surface area contributed by atoms with E-state index in [-0.39, 0.29) is 17.5 Å². The highest BCUT2D eigenvalue weighted by atomic mass is 15.0. The molecule has 0 saturated carbocycles. The normalized spacial score (nSPS) is 13.2. The van der Waals surface area contributed by atoms with Gasteiger partial charge in [0.15, 0.2) is 0 Å². The third kappa shape index (κ3) is 6.26. The van der Waals surface area contributed by atoms with Crippen LogP contribution >= 0.6 is 0 Å². The summed E-state index contributed by atoms with van der Waals surface area (Å²) in [5, 5.41) is 20.6. The molecule has 0 atom stereocenters. The van der Waals surface area contributed by atoms with Crippen molar-refractivity contribution in [3.05, 3.63) is 236 Å². The molecule has 5 heteroatoms. The number of pyridine rings is 2. The van der Waals surface area contributed by atoms with E-state index in [9.17, 15) is 0 Å². The van der Waals surface area contributed by atoms with Crippen molar-refractivity contribution >= 4 is 131 Å². The van der Waals surface area contributed by atoms with Gasteiger partial charge in [-0.05, 0) is 163 Å². The van der Waals surface area contributed by atoms with Crippen molar-refractivity contribution in [1.29, 1.82) is 0 Å². The summed E-state index contributed by atoms with van der Waals surface area (Å²) in [6, 6.07) is 78.9. The summed E-state index contributed by atoms with van der Waals surface area (Å²) >= 11 is 0. The zero-order valence-corrected chi connectivity index (χ0v) is 47.2. The smallest absolute Gasteiger partial charge is 0.252 e. The van der Waals surface area contributed by atoms with Crippen LogP contribution in [0.1, 0.15) is 52.7 Å². The number of hydrogen-bond donors (Lipinski definition) is 0. The average Bonchev–Trinajstić information content (AvgIpc) is 1.68. The van der Waals surface area contributed by atoms with Crippen LogP contribution < -0.4 is 16.4 Å². The minimum absolute atomic E-state index is 0.0507. The van der Waals surface area contributed by atoms with Gasteiger partial charge in [-0.15, -0.1) is 0 Å². The molecule has 0 fully saturated rings. The number of fused-ring (bicyclic) bond motifs is 24. The Labute approximate surface area is 481 Å². The van der Waals surface area contributed by atoms with Crippen LogP contribution in [0.4, 0.5) is 0 Å². The Morgan fingerprint density at radius 3 is 1.54 bits per heavy atom. The largest absolute Gasteiger partial charge is 0.310 e. The van der Waals surface area contributed by atoms with Crippen molar-refractivity contribution in [2.45, 2.75) is 52.4 Å². The summed E-state index contributed by atoms with van der Waals surface area (Å²) in [5.74, 6) is 0. The van der Waals surface area contributed by atoms with Crippen LogP contribution in [0.5, 0.6) is 0 Å². The fraction of sp³-hybridized carbons (Fsp3) is 0.103. The van der Waals surface area contributed by atoms with Crippen molar-refractivity contribution in [2.24, 2.45) is 0 Å². The van der Waals surface area contributed by atoms with Gasteiger partial charge in [0.25, 0.3) is 6.71 Å². The molecule has 2 aliphatic heterocycles. The summed E-state index contributed by atoms with van der Waals surface area (Å²) in [7, 11) is 0. The van der Waals surface area contributed by atoms with Gasteiger partial charge < -0.3 is 9.13 Å². The predicted octanol–water partition coefficient (Wildman–Crippen LogP) is 18.3. The molecule has 390 valence electrons. The lowest BCUT2D eigenvalue weighted by Gasteiger charge is -2.35. The van der Waals surface area contributed by atoms with E-state index in [4.69, 9.17) is 9.97 Å². The topological polar surface area (TPSA) is 35.6 Å². The molecule has 2 aliphatic rings. The Morgan fingerprint density at radius 1 is 0.361 bits per heavy atom. The average molecular weight is 1060 g/mol. The van der Waals surface area contributed by atoms with Gasteiger partial charge in [-0.25, -0.2) is 0 Å². The van der Waals surface area contributed by atoms with Gasteiger partial charge in [-0.3, -0.25) is 9.97 Å². The molecular weight excluding hydrogens is 1000 g/mol. The molecule has 0 amide bonds. The molecule has 0 spiro atoms. The summed E-state index contributed by atoms with van der Waals surface area (Å²) in [5.41, 5.74) is 20.3. The summed E-state index contributed by atoms with van der Waals surface area (Å²) in [6.45, 7) is 14.1. The Balaban J connectivity index is 1.13. The quantitative estimate of drug-likeness (QED) is 0.131. The molecule has 83 heavy (non-hydrogen) atoms. The molecule has 16 aromatic rings. The van der Waals surface area contributed by atoms with Crippen LogP contribution in [0.3, 0.4) is 0 Å². The Bertz CT molecular complexity index is 5480. The molecule has 18 rings (SSSR count). The van der Waals surface area contributed by atoms with Gasteiger partial charge in [-0.1, -0.05) is 193 Å². The molecule has 6 heterocycles. The third-order valence-corrected chi connectivity index (χ3v) is 19.1. The first kappa shape index (κ1) is 46.9. The molecule has 4 nitrogen and oxygen atoms in total. The van der Waals surface area contributed by atoms with Crippen LogP contribution in [0.2, 0.25) is 0 Å². The van der Waals surface area contributed by atoms with E-state index in [0.717, 1.165) is 33.5 Å². The molecule has 0 N–H and O–H groups in total. The van der Waals surface area contributed by atoms with E-state index < -0.39 is 0 Å². The molecule has 0 saturated heterocycles. The molecular formula is C78H55BN4. The van der Waals surface area contributed by atoms with E-state index >= 15 is 0 Å². The van der Waals surface area contributed by atoms with Gasteiger partial charge in [-0.2, -0.15) is 0 Å². The Hall–Kier alpha value is -9.84. The summed E-state index contributed by atoms with van der Waals surface area (Å²) in [6.07, 6.45) is 5.80. The first-order valence-corrected chi connectivity index (χ1v) is 29.3. The first-order chi connectivity index (χ1) is 40.5. The second kappa shape index (κ2) is 16.4. The Morgan fingerprint density at radius 2 is 0.916 bits per heavy atom. The summed E-state index contributed by atoms with van der Waals surface area (Å²) < 4.78 is 5.38. The fourth-order valence-electron chi connectivity index (χ4n) is 15.4. The molecule has 0 aliphatic carbocycles. The van der Waals surface area contributed by atoms with Crippen LogP contribution in [-0.4, -0.2) is 25.8 Å². The number of rotatable bonds is 3. The van der Waals surface area contributed by atoms with Crippen molar-refractivity contribution in [1.82, 2.24) is 19.1 Å². The highest BCUT2D eigenvalue weighted by Gasteiger charge is 2.43. The fourth-order valence-corrected chi connectivity index (χ4v) is 15.4. The predicted molar refractivity (Wildman–Crippen MR) is 354 cm³/mol. The van der Waals surface area contributed by atoms with E-state index in [1.165, 1.54) is 147 Å². The van der Waals surface area contributed by atoms with Gasteiger partial charge >= 0.3 is 0 Å². The van der Waals surface area contributed by atoms with Crippen molar-refractivity contribution in [3.8, 4) is 44.9 Å². The maximum Gasteiger partial charge on any atom is 0.252 e. The van der Waals surface area contributed by atoms with Crippen LogP contribution in [0.15, 0.2) is 225 Å². The van der Waals surface area contributed by atoms with Crippen molar-refractivity contribution in [3.63, 3.8) is 0 Å². The van der Waals surface area contributed by atoms with Crippen molar-refractivity contribution in [2.75, 3.05) is 0 Å². The second-order valence-electron chi connectivity index (χ2n) is 25.6. The number of hydrogen-bond acceptors (Lipinski definition) is 2. The van der Waals surface area contributed by atoms with E-state index in [0.29, 0.717) is 0 Å².